The number of hydrogen-bond acceptors (Lipinski definition) is 3. The van der Waals surface area contributed by atoms with Crippen molar-refractivity contribution in [2.24, 2.45) is 11.1 Å². The lowest BCUT2D eigenvalue weighted by atomic mass is 9.72. The minimum absolute atomic E-state index is 0.171. The summed E-state index contributed by atoms with van der Waals surface area (Å²) < 4.78 is 0. The molecule has 0 aromatic heterocycles. The second-order valence-electron chi connectivity index (χ2n) is 6.21. The van der Waals surface area contributed by atoms with E-state index in [2.05, 4.69) is 0 Å². The number of nitrogens with two attached hydrogens (primary N) is 1. The Morgan fingerprint density at radius 1 is 1.21 bits per heavy atom. The molecule has 0 aromatic carbocycles. The quantitative estimate of drug-likeness (QED) is 0.815. The van der Waals surface area contributed by atoms with Crippen LogP contribution in [0.5, 0.6) is 0 Å². The second kappa shape index (κ2) is 6.71. The summed E-state index contributed by atoms with van der Waals surface area (Å²) in [5, 5.41) is 9.19. The Balaban J connectivity index is 2.10. The summed E-state index contributed by atoms with van der Waals surface area (Å²) in [7, 11) is 0. The van der Waals surface area contributed by atoms with Crippen molar-refractivity contribution in [2.75, 3.05) is 19.7 Å². The van der Waals surface area contributed by atoms with E-state index in [0.29, 0.717) is 13.0 Å². The maximum Gasteiger partial charge on any atom is 0.230 e. The molecule has 2 rings (SSSR count). The number of nitrogens with zero attached hydrogens (tertiary/aromatic N) is 1. The third-order valence-corrected chi connectivity index (χ3v) is 5.01. The number of hydrogen-bond donors (Lipinski definition) is 2. The van der Waals surface area contributed by atoms with Crippen LogP contribution in [0.4, 0.5) is 0 Å². The standard InChI is InChI=1S/C15H28N2O2/c16-12-15(8-3-1-4-9-15)14(19)17-10-5-2-6-13(17)7-11-18/h13,18H,1-12,16H2. The number of rotatable bonds is 4. The van der Waals surface area contributed by atoms with Crippen molar-refractivity contribution >= 4 is 5.91 Å². The van der Waals surface area contributed by atoms with Gasteiger partial charge in [0.25, 0.3) is 0 Å². The van der Waals surface area contributed by atoms with Gasteiger partial charge in [-0.1, -0.05) is 19.3 Å². The smallest absolute Gasteiger partial charge is 0.230 e. The zero-order chi connectivity index (χ0) is 13.7. The van der Waals surface area contributed by atoms with Crippen LogP contribution in [0.3, 0.4) is 0 Å². The van der Waals surface area contributed by atoms with Gasteiger partial charge < -0.3 is 15.7 Å². The lowest BCUT2D eigenvalue weighted by molar-refractivity contribution is -0.148. The van der Waals surface area contributed by atoms with Gasteiger partial charge >= 0.3 is 0 Å². The largest absolute Gasteiger partial charge is 0.396 e. The summed E-state index contributed by atoms with van der Waals surface area (Å²) in [4.78, 5) is 15.0. The van der Waals surface area contributed by atoms with Crippen molar-refractivity contribution in [3.63, 3.8) is 0 Å². The summed E-state index contributed by atoms with van der Waals surface area (Å²) in [6.45, 7) is 1.50. The van der Waals surface area contributed by atoms with E-state index < -0.39 is 0 Å². The SMILES string of the molecule is NCC1(C(=O)N2CCCCC2CCO)CCCCC1. The molecule has 2 fully saturated rings. The van der Waals surface area contributed by atoms with Gasteiger partial charge in [0.1, 0.15) is 0 Å². The van der Waals surface area contributed by atoms with Crippen molar-refractivity contribution in [2.45, 2.75) is 63.8 Å². The Labute approximate surface area is 116 Å². The van der Waals surface area contributed by atoms with Gasteiger partial charge in [0.15, 0.2) is 0 Å². The van der Waals surface area contributed by atoms with E-state index in [9.17, 15) is 9.90 Å². The second-order valence-corrected chi connectivity index (χ2v) is 6.21. The molecule has 1 heterocycles. The number of piperidine rings is 1. The molecule has 0 radical (unpaired) electrons. The van der Waals surface area contributed by atoms with Gasteiger partial charge in [-0.25, -0.2) is 0 Å². The summed E-state index contributed by atoms with van der Waals surface area (Å²) in [6.07, 6.45) is 9.39. The summed E-state index contributed by atoms with van der Waals surface area (Å²) in [5.74, 6) is 0.271. The molecule has 4 nitrogen and oxygen atoms in total. The van der Waals surface area contributed by atoms with E-state index >= 15 is 0 Å². The molecule has 4 heteroatoms. The van der Waals surface area contributed by atoms with Crippen LogP contribution < -0.4 is 5.73 Å². The molecule has 110 valence electrons. The molecule has 1 aliphatic carbocycles. The van der Waals surface area contributed by atoms with E-state index in [-0.39, 0.29) is 24.0 Å². The Bertz CT molecular complexity index is 299. The molecule has 1 amide bonds. The van der Waals surface area contributed by atoms with Crippen molar-refractivity contribution in [1.82, 2.24) is 4.90 Å². The fraction of sp³-hybridized carbons (Fsp3) is 0.933. The number of likely N-dealkylation sites (tertiary alicyclic amines) is 1. The minimum atomic E-state index is -0.302. The van der Waals surface area contributed by atoms with Gasteiger partial charge in [0.05, 0.1) is 5.41 Å². The van der Waals surface area contributed by atoms with Crippen molar-refractivity contribution in [1.29, 1.82) is 0 Å². The number of carbonyl (C=O) groups excluding carboxylic acids is 1. The highest BCUT2D eigenvalue weighted by Gasteiger charge is 2.42. The van der Waals surface area contributed by atoms with Crippen LogP contribution >= 0.6 is 0 Å². The average molecular weight is 268 g/mol. The number of amides is 1. The predicted octanol–water partition coefficient (Wildman–Crippen LogP) is 1.66. The minimum Gasteiger partial charge on any atom is -0.396 e. The van der Waals surface area contributed by atoms with E-state index in [4.69, 9.17) is 5.73 Å². The zero-order valence-corrected chi connectivity index (χ0v) is 11.9. The molecule has 1 aliphatic heterocycles. The van der Waals surface area contributed by atoms with Crippen LogP contribution in [0.25, 0.3) is 0 Å². The molecule has 1 saturated heterocycles. The first-order valence-corrected chi connectivity index (χ1v) is 7.85. The normalized spacial score (nSPS) is 27.3. The first-order chi connectivity index (χ1) is 9.23. The Morgan fingerprint density at radius 2 is 1.95 bits per heavy atom. The first kappa shape index (κ1) is 14.8. The van der Waals surface area contributed by atoms with Crippen LogP contribution in [0.2, 0.25) is 0 Å². The Hall–Kier alpha value is -0.610. The topological polar surface area (TPSA) is 66.6 Å². The molecular weight excluding hydrogens is 240 g/mol. The van der Waals surface area contributed by atoms with Crippen molar-refractivity contribution in [3.8, 4) is 0 Å². The summed E-state index contributed by atoms with van der Waals surface area (Å²) in [6, 6.07) is 0.233. The third-order valence-electron chi connectivity index (χ3n) is 5.01. The van der Waals surface area contributed by atoms with Crippen LogP contribution in [-0.2, 0) is 4.79 Å². The van der Waals surface area contributed by atoms with Gasteiger partial charge in [-0.05, 0) is 38.5 Å². The monoisotopic (exact) mass is 268 g/mol. The van der Waals surface area contributed by atoms with Crippen LogP contribution in [0.1, 0.15) is 57.8 Å². The molecule has 1 saturated carbocycles. The highest BCUT2D eigenvalue weighted by Crippen LogP contribution is 2.38. The summed E-state index contributed by atoms with van der Waals surface area (Å²) in [5.41, 5.74) is 5.67. The highest BCUT2D eigenvalue weighted by molar-refractivity contribution is 5.83. The molecule has 3 N–H and O–H groups in total. The third kappa shape index (κ3) is 3.11. The van der Waals surface area contributed by atoms with Crippen LogP contribution in [0, 0.1) is 5.41 Å². The fourth-order valence-corrected chi connectivity index (χ4v) is 3.76. The van der Waals surface area contributed by atoms with Crippen molar-refractivity contribution < 1.29 is 9.90 Å². The van der Waals surface area contributed by atoms with Gasteiger partial charge in [-0.15, -0.1) is 0 Å². The highest BCUT2D eigenvalue weighted by atomic mass is 16.3. The van der Waals surface area contributed by atoms with Gasteiger partial charge in [-0.2, -0.15) is 0 Å². The fourth-order valence-electron chi connectivity index (χ4n) is 3.76. The molecule has 0 spiro atoms. The van der Waals surface area contributed by atoms with Gasteiger partial charge in [0.2, 0.25) is 5.91 Å². The van der Waals surface area contributed by atoms with Gasteiger partial charge in [0, 0.05) is 25.7 Å². The summed E-state index contributed by atoms with van der Waals surface area (Å²) >= 11 is 0. The molecule has 1 unspecified atom stereocenters. The van der Waals surface area contributed by atoms with E-state index in [1.54, 1.807) is 0 Å². The van der Waals surface area contributed by atoms with E-state index in [1.807, 2.05) is 4.90 Å². The maximum atomic E-state index is 13.0. The molecule has 2 aliphatic rings. The number of aliphatic hydroxyl groups excluding tert-OH is 1. The van der Waals surface area contributed by atoms with Crippen molar-refractivity contribution in [3.05, 3.63) is 0 Å². The lowest BCUT2D eigenvalue weighted by Gasteiger charge is -2.44. The Kier molecular flexibility index (Phi) is 5.22. The molecule has 0 bridgehead atoms. The van der Waals surface area contributed by atoms with E-state index in [1.165, 1.54) is 12.8 Å². The first-order valence-electron chi connectivity index (χ1n) is 7.85. The molecule has 0 aromatic rings. The number of carbonyl (C=O) groups is 1. The van der Waals surface area contributed by atoms with Gasteiger partial charge in [-0.3, -0.25) is 4.79 Å². The predicted molar refractivity (Wildman–Crippen MR) is 75.6 cm³/mol. The zero-order valence-electron chi connectivity index (χ0n) is 11.9. The Morgan fingerprint density at radius 3 is 2.58 bits per heavy atom. The van der Waals surface area contributed by atoms with Crippen LogP contribution in [-0.4, -0.2) is 41.7 Å². The molecule has 19 heavy (non-hydrogen) atoms. The average Bonchev–Trinajstić information content (AvgIpc) is 2.48. The number of aliphatic hydroxyl groups is 1. The maximum absolute atomic E-state index is 13.0. The molecule has 1 atom stereocenters. The van der Waals surface area contributed by atoms with E-state index in [0.717, 1.165) is 45.1 Å². The lowest BCUT2D eigenvalue weighted by Crippen LogP contribution is -2.54. The van der Waals surface area contributed by atoms with Crippen LogP contribution in [0.15, 0.2) is 0 Å². The molecular formula is C15H28N2O2.